The Bertz CT molecular complexity index is 656. The van der Waals surface area contributed by atoms with Crippen molar-refractivity contribution in [2.75, 3.05) is 20.2 Å². The maximum absolute atomic E-state index is 6.86. The molecule has 0 atom stereocenters. The Morgan fingerprint density at radius 1 is 1.00 bits per heavy atom. The van der Waals surface area contributed by atoms with Crippen molar-refractivity contribution in [3.8, 4) is 0 Å². The summed E-state index contributed by atoms with van der Waals surface area (Å²) in [6, 6.07) is 21.5. The molecule has 0 spiro atoms. The smallest absolute Gasteiger partial charge is 0.261 e. The summed E-state index contributed by atoms with van der Waals surface area (Å²) < 4.78 is 6.86. The van der Waals surface area contributed by atoms with Crippen LogP contribution in [0.5, 0.6) is 0 Å². The van der Waals surface area contributed by atoms with Crippen LogP contribution in [-0.4, -0.2) is 28.5 Å². The average molecular weight is 388 g/mol. The highest BCUT2D eigenvalue weighted by Gasteiger charge is 2.49. The fourth-order valence-corrected chi connectivity index (χ4v) is 8.26. The van der Waals surface area contributed by atoms with Crippen molar-refractivity contribution < 1.29 is 4.43 Å². The average Bonchev–Trinajstić information content (AvgIpc) is 2.65. The highest BCUT2D eigenvalue weighted by molar-refractivity contribution is 6.99. The molecule has 2 nitrogen and oxygen atoms in total. The minimum absolute atomic E-state index is 0.00353. The highest BCUT2D eigenvalue weighted by atomic mass is 35.5. The Hall–Kier alpha value is -1.39. The van der Waals surface area contributed by atoms with Crippen LogP contribution in [0, 0.1) is 0 Å². The minimum atomic E-state index is -2.44. The van der Waals surface area contributed by atoms with E-state index in [1.54, 1.807) is 5.54 Å². The highest BCUT2D eigenvalue weighted by Crippen LogP contribution is 2.36. The van der Waals surface area contributed by atoms with E-state index in [2.05, 4.69) is 86.8 Å². The predicted octanol–water partition coefficient (Wildman–Crippen LogP) is 4.30. The molecule has 26 heavy (non-hydrogen) atoms. The second-order valence-corrected chi connectivity index (χ2v) is 12.1. The van der Waals surface area contributed by atoms with Gasteiger partial charge in [0.2, 0.25) is 0 Å². The van der Waals surface area contributed by atoms with E-state index in [-0.39, 0.29) is 5.04 Å². The molecule has 1 N–H and O–H groups in total. The molecule has 0 fully saturated rings. The van der Waals surface area contributed by atoms with Gasteiger partial charge in [-0.3, -0.25) is 0 Å². The van der Waals surface area contributed by atoms with E-state index in [0.717, 1.165) is 18.5 Å². The SMILES string of the molecule is CNC/C(=C\Cl)CCO[Si](c1ccccc1)(c1ccccc1)C(C)(C)C. The lowest BCUT2D eigenvalue weighted by atomic mass is 10.2. The van der Waals surface area contributed by atoms with Crippen LogP contribution >= 0.6 is 11.6 Å². The van der Waals surface area contributed by atoms with Crippen LogP contribution in [-0.2, 0) is 4.43 Å². The number of hydrogen-bond acceptors (Lipinski definition) is 2. The molecule has 0 saturated heterocycles. The Morgan fingerprint density at radius 3 is 1.88 bits per heavy atom. The van der Waals surface area contributed by atoms with Gasteiger partial charge in [-0.2, -0.15) is 0 Å². The van der Waals surface area contributed by atoms with E-state index in [9.17, 15) is 0 Å². The van der Waals surface area contributed by atoms with E-state index in [1.807, 2.05) is 7.05 Å². The summed E-state index contributed by atoms with van der Waals surface area (Å²) in [7, 11) is -0.509. The number of nitrogens with one attached hydrogen (secondary N) is 1. The Morgan fingerprint density at radius 2 is 1.50 bits per heavy atom. The molecule has 2 rings (SSSR count). The third-order valence-electron chi connectivity index (χ3n) is 4.72. The van der Waals surface area contributed by atoms with Crippen LogP contribution < -0.4 is 15.7 Å². The zero-order chi connectivity index (χ0) is 19.0. The van der Waals surface area contributed by atoms with Crippen molar-refractivity contribution in [3.05, 3.63) is 71.8 Å². The second kappa shape index (κ2) is 9.52. The Kier molecular flexibility index (Phi) is 7.65. The lowest BCUT2D eigenvalue weighted by Crippen LogP contribution is -2.66. The van der Waals surface area contributed by atoms with Crippen molar-refractivity contribution in [1.29, 1.82) is 0 Å². The van der Waals surface area contributed by atoms with Crippen LogP contribution in [0.3, 0.4) is 0 Å². The summed E-state index contributed by atoms with van der Waals surface area (Å²) in [6.07, 6.45) is 0.828. The largest absolute Gasteiger partial charge is 0.407 e. The summed E-state index contributed by atoms with van der Waals surface area (Å²) in [4.78, 5) is 0. The zero-order valence-corrected chi connectivity index (χ0v) is 18.0. The van der Waals surface area contributed by atoms with Gasteiger partial charge in [-0.05, 0) is 34.5 Å². The first-order chi connectivity index (χ1) is 12.5. The second-order valence-electron chi connectivity index (χ2n) is 7.56. The van der Waals surface area contributed by atoms with Crippen molar-refractivity contribution >= 4 is 30.3 Å². The first kappa shape index (κ1) is 20.9. The van der Waals surface area contributed by atoms with E-state index < -0.39 is 8.32 Å². The van der Waals surface area contributed by atoms with E-state index in [1.165, 1.54) is 10.4 Å². The summed E-state index contributed by atoms with van der Waals surface area (Å²) in [5.41, 5.74) is 2.83. The molecule has 0 amide bonds. The van der Waals surface area contributed by atoms with Crippen molar-refractivity contribution in [3.63, 3.8) is 0 Å². The topological polar surface area (TPSA) is 21.3 Å². The van der Waals surface area contributed by atoms with Gasteiger partial charge in [0.05, 0.1) is 0 Å². The van der Waals surface area contributed by atoms with Gasteiger partial charge in [0.1, 0.15) is 0 Å². The quantitative estimate of drug-likeness (QED) is 0.682. The van der Waals surface area contributed by atoms with E-state index in [0.29, 0.717) is 6.61 Å². The molecule has 0 saturated carbocycles. The number of halogens is 1. The van der Waals surface area contributed by atoms with Gasteiger partial charge in [-0.1, -0.05) is 93.0 Å². The van der Waals surface area contributed by atoms with Crippen LogP contribution in [0.1, 0.15) is 27.2 Å². The number of hydrogen-bond donors (Lipinski definition) is 1. The molecule has 2 aromatic carbocycles. The van der Waals surface area contributed by atoms with Gasteiger partial charge in [-0.15, -0.1) is 0 Å². The molecular weight excluding hydrogens is 358 g/mol. The van der Waals surface area contributed by atoms with Gasteiger partial charge in [-0.25, -0.2) is 0 Å². The third-order valence-corrected chi connectivity index (χ3v) is 10.1. The predicted molar refractivity (Wildman–Crippen MR) is 116 cm³/mol. The fourth-order valence-electron chi connectivity index (χ4n) is 3.51. The van der Waals surface area contributed by atoms with Crippen LogP contribution in [0.2, 0.25) is 5.04 Å². The monoisotopic (exact) mass is 387 g/mol. The maximum Gasteiger partial charge on any atom is 0.261 e. The molecule has 0 unspecified atom stereocenters. The van der Waals surface area contributed by atoms with Gasteiger partial charge < -0.3 is 9.74 Å². The molecule has 0 aliphatic heterocycles. The fraction of sp³-hybridized carbons (Fsp3) is 0.364. The standard InChI is InChI=1S/C22H30ClNOSi/c1-22(2,3)26(20-11-7-5-8-12-20,21-13-9-6-10-14-21)25-16-15-19(17-23)18-24-4/h5-14,17,24H,15-16,18H2,1-4H3/b19-17-. The normalized spacial score (nSPS) is 13.0. The van der Waals surface area contributed by atoms with E-state index >= 15 is 0 Å². The maximum atomic E-state index is 6.86. The molecule has 0 bridgehead atoms. The summed E-state index contributed by atoms with van der Waals surface area (Å²) in [5.74, 6) is 0. The lowest BCUT2D eigenvalue weighted by Gasteiger charge is -2.43. The minimum Gasteiger partial charge on any atom is -0.407 e. The number of rotatable bonds is 8. The molecular formula is C22H30ClNOSi. The number of likely N-dealkylation sites (N-methyl/N-ethyl adjacent to an activating group) is 1. The number of benzene rings is 2. The van der Waals surface area contributed by atoms with Gasteiger partial charge in [0.25, 0.3) is 8.32 Å². The third kappa shape index (κ3) is 4.66. The van der Waals surface area contributed by atoms with Crippen molar-refractivity contribution in [2.24, 2.45) is 0 Å². The van der Waals surface area contributed by atoms with E-state index in [4.69, 9.17) is 16.0 Å². The molecule has 0 aromatic heterocycles. The van der Waals surface area contributed by atoms with Gasteiger partial charge in [0.15, 0.2) is 0 Å². The summed E-state index contributed by atoms with van der Waals surface area (Å²) in [5, 5.41) is 5.78. The summed E-state index contributed by atoms with van der Waals surface area (Å²) in [6.45, 7) is 8.34. The van der Waals surface area contributed by atoms with Crippen LogP contribution in [0.25, 0.3) is 0 Å². The zero-order valence-electron chi connectivity index (χ0n) is 16.3. The summed E-state index contributed by atoms with van der Waals surface area (Å²) >= 11 is 5.97. The molecule has 4 heteroatoms. The molecule has 2 aromatic rings. The molecule has 0 heterocycles. The first-order valence-electron chi connectivity index (χ1n) is 9.13. The van der Waals surface area contributed by atoms with Crippen LogP contribution in [0.15, 0.2) is 71.8 Å². The first-order valence-corrected chi connectivity index (χ1v) is 11.5. The Labute approximate surface area is 164 Å². The van der Waals surface area contributed by atoms with Crippen molar-refractivity contribution in [1.82, 2.24) is 5.32 Å². The van der Waals surface area contributed by atoms with Gasteiger partial charge >= 0.3 is 0 Å². The lowest BCUT2D eigenvalue weighted by molar-refractivity contribution is 0.300. The molecule has 0 aliphatic carbocycles. The Balaban J connectivity index is 2.44. The van der Waals surface area contributed by atoms with Crippen LogP contribution in [0.4, 0.5) is 0 Å². The molecule has 0 radical (unpaired) electrons. The molecule has 140 valence electrons. The van der Waals surface area contributed by atoms with Crippen molar-refractivity contribution in [2.45, 2.75) is 32.2 Å². The van der Waals surface area contributed by atoms with Gasteiger partial charge in [0, 0.05) is 18.7 Å². The molecule has 0 aliphatic rings.